The van der Waals surface area contributed by atoms with Gasteiger partial charge in [-0.15, -0.1) is 0 Å². The molecule has 0 atom stereocenters. The van der Waals surface area contributed by atoms with Crippen LogP contribution in [0.5, 0.6) is 0 Å². The van der Waals surface area contributed by atoms with E-state index in [-0.39, 0.29) is 29.7 Å². The molecular weight excluding hydrogens is 444 g/mol. The molecule has 2 aliphatic rings. The molecule has 2 heterocycles. The molecule has 0 saturated carbocycles. The molecule has 4 amide bonds. The molecule has 2 aromatic rings. The van der Waals surface area contributed by atoms with Gasteiger partial charge in [0.25, 0.3) is 23.6 Å². The summed E-state index contributed by atoms with van der Waals surface area (Å²) in [6.45, 7) is 16.8. The van der Waals surface area contributed by atoms with E-state index in [9.17, 15) is 19.2 Å². The lowest BCUT2D eigenvalue weighted by Crippen LogP contribution is -2.35. The molecule has 4 rings (SSSR count). The highest BCUT2D eigenvalue weighted by Gasteiger charge is 2.36. The minimum absolute atomic E-state index is 0.0811. The molecule has 0 radical (unpaired) electrons. The zero-order chi connectivity index (χ0) is 26.7. The van der Waals surface area contributed by atoms with Crippen molar-refractivity contribution in [2.24, 2.45) is 0 Å². The van der Waals surface area contributed by atoms with Crippen LogP contribution in [0.1, 0.15) is 96.8 Å². The summed E-state index contributed by atoms with van der Waals surface area (Å²) in [5.74, 6) is -0.715. The van der Waals surface area contributed by atoms with Gasteiger partial charge in [0, 0.05) is 19.2 Å². The standard InChI is InChI=1S/C11H11NO2.C10H9NO2.C5H12O.C2H6/c1-7(2)12-10(13)8-5-3-4-6-9(8)11(12)14;1-2-11-9(12)7-5-3-4-6-8(7)10(11)13;1-4-6-5(2)3;1-2/h3-7H,1-2H3;3-6H,2H2,1H3;5H,4H2,1-3H3;1-2H3. The van der Waals surface area contributed by atoms with E-state index in [2.05, 4.69) is 0 Å². The number of hydrogen-bond acceptors (Lipinski definition) is 5. The van der Waals surface area contributed by atoms with Gasteiger partial charge in [-0.1, -0.05) is 38.1 Å². The van der Waals surface area contributed by atoms with Crippen LogP contribution in [0, 0.1) is 0 Å². The van der Waals surface area contributed by atoms with Gasteiger partial charge in [-0.25, -0.2) is 0 Å². The molecule has 7 heteroatoms. The first-order valence-electron chi connectivity index (χ1n) is 12.2. The van der Waals surface area contributed by atoms with E-state index < -0.39 is 0 Å². The Bertz CT molecular complexity index is 960. The van der Waals surface area contributed by atoms with Gasteiger partial charge in [-0.3, -0.25) is 29.0 Å². The van der Waals surface area contributed by atoms with Gasteiger partial charge in [-0.05, 0) is 65.8 Å². The maximum absolute atomic E-state index is 11.8. The predicted octanol–water partition coefficient (Wildman–Crippen LogP) is 5.45. The molecule has 7 nitrogen and oxygen atoms in total. The molecule has 0 N–H and O–H groups in total. The third kappa shape index (κ3) is 7.09. The summed E-state index contributed by atoms with van der Waals surface area (Å²) < 4.78 is 5.04. The number of carbonyl (C=O) groups excluding carboxylic acids is 4. The fourth-order valence-corrected chi connectivity index (χ4v) is 3.54. The minimum Gasteiger partial charge on any atom is -0.379 e. The summed E-state index contributed by atoms with van der Waals surface area (Å²) in [4.78, 5) is 49.1. The number of hydrogen-bond donors (Lipinski definition) is 0. The smallest absolute Gasteiger partial charge is 0.261 e. The van der Waals surface area contributed by atoms with Crippen LogP contribution < -0.4 is 0 Å². The van der Waals surface area contributed by atoms with Gasteiger partial charge < -0.3 is 4.74 Å². The van der Waals surface area contributed by atoms with E-state index in [4.69, 9.17) is 4.74 Å². The minimum atomic E-state index is -0.180. The van der Waals surface area contributed by atoms with Gasteiger partial charge in [0.2, 0.25) is 0 Å². The van der Waals surface area contributed by atoms with E-state index in [1.807, 2.05) is 48.5 Å². The Morgan fingerprint density at radius 3 is 1.23 bits per heavy atom. The summed E-state index contributed by atoms with van der Waals surface area (Å²) in [7, 11) is 0. The lowest BCUT2D eigenvalue weighted by atomic mass is 10.1. The highest BCUT2D eigenvalue weighted by atomic mass is 16.5. The highest BCUT2D eigenvalue weighted by molar-refractivity contribution is 6.22. The molecule has 0 spiro atoms. The van der Waals surface area contributed by atoms with Gasteiger partial charge in [0.05, 0.1) is 28.4 Å². The van der Waals surface area contributed by atoms with Gasteiger partial charge >= 0.3 is 0 Å². The van der Waals surface area contributed by atoms with E-state index in [0.29, 0.717) is 34.9 Å². The molecule has 2 aromatic carbocycles. The SMILES string of the molecule is CC.CC(C)N1C(=O)c2ccccc2C1=O.CCN1C(=O)c2ccccc2C1=O.CCOC(C)C. The summed E-state index contributed by atoms with van der Waals surface area (Å²) in [6.07, 6.45) is 0.398. The van der Waals surface area contributed by atoms with E-state index in [1.165, 1.54) is 9.80 Å². The molecule has 0 aromatic heterocycles. The molecule has 0 fully saturated rings. The Hall–Kier alpha value is -3.32. The zero-order valence-corrected chi connectivity index (χ0v) is 22.1. The normalized spacial score (nSPS) is 13.5. The fraction of sp³-hybridized carbons (Fsp3) is 0.429. The van der Waals surface area contributed by atoms with Gasteiger partial charge in [0.1, 0.15) is 0 Å². The molecule has 2 aliphatic heterocycles. The number of rotatable bonds is 4. The molecule has 0 unspecified atom stereocenters. The lowest BCUT2D eigenvalue weighted by molar-refractivity contribution is 0.0604. The van der Waals surface area contributed by atoms with E-state index in [1.54, 1.807) is 55.5 Å². The van der Waals surface area contributed by atoms with Crippen LogP contribution in [0.2, 0.25) is 0 Å². The Morgan fingerprint density at radius 2 is 1.00 bits per heavy atom. The Labute approximate surface area is 209 Å². The van der Waals surface area contributed by atoms with Crippen molar-refractivity contribution in [1.82, 2.24) is 9.80 Å². The third-order valence-electron chi connectivity index (χ3n) is 5.04. The quantitative estimate of drug-likeness (QED) is 0.541. The topological polar surface area (TPSA) is 84.0 Å². The summed E-state index contributed by atoms with van der Waals surface area (Å²) in [5, 5.41) is 0. The van der Waals surface area contributed by atoms with E-state index in [0.717, 1.165) is 6.61 Å². The number of imide groups is 2. The van der Waals surface area contributed by atoms with Crippen LogP contribution in [0.3, 0.4) is 0 Å². The van der Waals surface area contributed by atoms with Crippen molar-refractivity contribution in [3.8, 4) is 0 Å². The van der Waals surface area contributed by atoms with Crippen molar-refractivity contribution in [3.63, 3.8) is 0 Å². The first-order chi connectivity index (χ1) is 16.6. The number of ether oxygens (including phenoxy) is 1. The average Bonchev–Trinajstić information content (AvgIpc) is 3.25. The Kier molecular flexibility index (Phi) is 12.0. The van der Waals surface area contributed by atoms with Crippen LogP contribution in [0.4, 0.5) is 0 Å². The van der Waals surface area contributed by atoms with Crippen LogP contribution in [-0.4, -0.2) is 58.7 Å². The van der Waals surface area contributed by atoms with Crippen molar-refractivity contribution < 1.29 is 23.9 Å². The molecule has 0 bridgehead atoms. The molecular formula is C28H38N2O5. The maximum Gasteiger partial charge on any atom is 0.261 e. The van der Waals surface area contributed by atoms with Crippen LogP contribution in [-0.2, 0) is 4.74 Å². The average molecular weight is 483 g/mol. The van der Waals surface area contributed by atoms with Crippen molar-refractivity contribution in [3.05, 3.63) is 70.8 Å². The second-order valence-electron chi connectivity index (χ2n) is 8.02. The van der Waals surface area contributed by atoms with Crippen molar-refractivity contribution in [2.75, 3.05) is 13.2 Å². The lowest BCUT2D eigenvalue weighted by Gasteiger charge is -2.17. The maximum atomic E-state index is 11.8. The number of nitrogens with zero attached hydrogens (tertiary/aromatic N) is 2. The molecule has 0 aliphatic carbocycles. The predicted molar refractivity (Wildman–Crippen MR) is 138 cm³/mol. The van der Waals surface area contributed by atoms with Gasteiger partial charge in [-0.2, -0.15) is 0 Å². The van der Waals surface area contributed by atoms with Crippen molar-refractivity contribution in [2.45, 2.75) is 67.5 Å². The van der Waals surface area contributed by atoms with Crippen molar-refractivity contribution in [1.29, 1.82) is 0 Å². The zero-order valence-electron chi connectivity index (χ0n) is 22.1. The monoisotopic (exact) mass is 482 g/mol. The fourth-order valence-electron chi connectivity index (χ4n) is 3.54. The van der Waals surface area contributed by atoms with Crippen LogP contribution >= 0.6 is 0 Å². The Balaban J connectivity index is 0.000000272. The molecule has 35 heavy (non-hydrogen) atoms. The van der Waals surface area contributed by atoms with Crippen molar-refractivity contribution >= 4 is 23.6 Å². The molecule has 190 valence electrons. The van der Waals surface area contributed by atoms with E-state index >= 15 is 0 Å². The largest absolute Gasteiger partial charge is 0.379 e. The second kappa shape index (κ2) is 14.2. The number of benzene rings is 2. The first-order valence-corrected chi connectivity index (χ1v) is 12.2. The van der Waals surface area contributed by atoms with Crippen LogP contribution in [0.15, 0.2) is 48.5 Å². The summed E-state index contributed by atoms with van der Waals surface area (Å²) in [6, 6.07) is 13.8. The first kappa shape index (κ1) is 29.7. The van der Waals surface area contributed by atoms with Gasteiger partial charge in [0.15, 0.2) is 0 Å². The Morgan fingerprint density at radius 1 is 0.657 bits per heavy atom. The third-order valence-corrected chi connectivity index (χ3v) is 5.04. The number of carbonyl (C=O) groups is 4. The van der Waals surface area contributed by atoms with Crippen LogP contribution in [0.25, 0.3) is 0 Å². The number of fused-ring (bicyclic) bond motifs is 2. The molecule has 0 saturated heterocycles. The second-order valence-corrected chi connectivity index (χ2v) is 8.02. The number of amides is 4. The highest BCUT2D eigenvalue weighted by Crippen LogP contribution is 2.24. The summed E-state index contributed by atoms with van der Waals surface area (Å²) >= 11 is 0. The summed E-state index contributed by atoms with van der Waals surface area (Å²) in [5.41, 5.74) is 2.08.